The summed E-state index contributed by atoms with van der Waals surface area (Å²) >= 11 is 5.03. The summed E-state index contributed by atoms with van der Waals surface area (Å²) in [6, 6.07) is 12.7. The fourth-order valence-corrected chi connectivity index (χ4v) is 5.43. The Balaban J connectivity index is 1.91. The minimum atomic E-state index is -1.03. The van der Waals surface area contributed by atoms with Crippen molar-refractivity contribution in [1.82, 2.24) is 0 Å². The van der Waals surface area contributed by atoms with Crippen LogP contribution in [0.25, 0.3) is 11.0 Å². The first kappa shape index (κ1) is 20.0. The molecular formula is C22H19BrFN3OS. The number of aryl methyl sites for hydroxylation is 2. The molecule has 4 rings (SSSR count). The number of fused-ring (bicyclic) bond motifs is 1. The normalized spacial score (nSPS) is 18.7. The van der Waals surface area contributed by atoms with E-state index in [1.54, 1.807) is 12.1 Å². The van der Waals surface area contributed by atoms with Crippen LogP contribution in [0.3, 0.4) is 0 Å². The molecule has 7 heteroatoms. The number of furan rings is 1. The second-order valence-electron chi connectivity index (χ2n) is 6.93. The largest absolute Gasteiger partial charge is 0.459 e. The number of thioether (sulfide) groups is 1. The number of nitrogens with zero attached hydrogens (tertiary/aromatic N) is 3. The molecule has 1 atom stereocenters. The minimum absolute atomic E-state index is 0.315. The van der Waals surface area contributed by atoms with Crippen LogP contribution in [-0.4, -0.2) is 23.5 Å². The van der Waals surface area contributed by atoms with Crippen LogP contribution >= 0.6 is 27.7 Å². The van der Waals surface area contributed by atoms with Crippen molar-refractivity contribution in [3.05, 3.63) is 63.6 Å². The number of halogens is 2. The fraction of sp³-hybridized carbons (Fsp3) is 0.273. The van der Waals surface area contributed by atoms with Gasteiger partial charge in [0, 0.05) is 28.9 Å². The fourth-order valence-electron chi connectivity index (χ4n) is 3.80. The Kier molecular flexibility index (Phi) is 5.18. The molecule has 0 bridgehead atoms. The zero-order valence-electron chi connectivity index (χ0n) is 16.3. The average molecular weight is 472 g/mol. The summed E-state index contributed by atoms with van der Waals surface area (Å²) in [5.74, 6) is 0.972. The molecule has 0 saturated carbocycles. The number of aliphatic imine (C=N–C) groups is 1. The van der Waals surface area contributed by atoms with Gasteiger partial charge in [-0.05, 0) is 36.8 Å². The number of nitriles is 1. The molecule has 29 heavy (non-hydrogen) atoms. The first-order valence-corrected chi connectivity index (χ1v) is 11.0. The highest BCUT2D eigenvalue weighted by Gasteiger charge is 2.47. The molecule has 4 nitrogen and oxygen atoms in total. The number of hydrogen-bond acceptors (Lipinski definition) is 5. The van der Waals surface area contributed by atoms with Crippen LogP contribution in [0.5, 0.6) is 0 Å². The Bertz CT molecular complexity index is 1170. The third-order valence-electron chi connectivity index (χ3n) is 5.20. The lowest BCUT2D eigenvalue weighted by atomic mass is 10.0. The van der Waals surface area contributed by atoms with Crippen LogP contribution in [-0.2, 0) is 6.42 Å². The molecular weight excluding hydrogens is 453 g/mol. The predicted octanol–water partition coefficient (Wildman–Crippen LogP) is 6.05. The van der Waals surface area contributed by atoms with Crippen molar-refractivity contribution >= 4 is 50.1 Å². The molecule has 148 valence electrons. The smallest absolute Gasteiger partial charge is 0.219 e. The first-order chi connectivity index (χ1) is 13.9. The lowest BCUT2D eigenvalue weighted by molar-refractivity contribution is 0.553. The van der Waals surface area contributed by atoms with Crippen LogP contribution in [0.15, 0.2) is 50.3 Å². The highest BCUT2D eigenvalue weighted by atomic mass is 79.9. The maximum absolute atomic E-state index is 13.4. The van der Waals surface area contributed by atoms with Gasteiger partial charge in [0.05, 0.1) is 17.3 Å². The van der Waals surface area contributed by atoms with Gasteiger partial charge < -0.3 is 9.32 Å². The molecule has 0 amide bonds. The van der Waals surface area contributed by atoms with Crippen molar-refractivity contribution in [2.45, 2.75) is 25.1 Å². The van der Waals surface area contributed by atoms with Gasteiger partial charge in [-0.1, -0.05) is 46.7 Å². The van der Waals surface area contributed by atoms with E-state index < -0.39 is 4.87 Å². The Morgan fingerprint density at radius 3 is 2.72 bits per heavy atom. The van der Waals surface area contributed by atoms with E-state index in [0.29, 0.717) is 18.0 Å². The number of likely N-dealkylation sites (N-methyl/N-ethyl adjacent to an activating group) is 1. The van der Waals surface area contributed by atoms with Crippen LogP contribution in [0, 0.1) is 24.1 Å². The highest BCUT2D eigenvalue weighted by molar-refractivity contribution is 9.10. The maximum atomic E-state index is 13.4. The molecule has 2 heterocycles. The highest BCUT2D eigenvalue weighted by Crippen LogP contribution is 2.45. The summed E-state index contributed by atoms with van der Waals surface area (Å²) in [5, 5.41) is 11.3. The summed E-state index contributed by atoms with van der Waals surface area (Å²) in [6.07, 6.45) is 0.695. The van der Waals surface area contributed by atoms with Gasteiger partial charge in [-0.25, -0.2) is 4.39 Å². The molecule has 0 spiro atoms. The SMILES string of the molecule is CCc1oc2c(C)cc(Br)cc2c1N(C)C1(C#N)SCN=C1c1ccc(F)cc1. The molecule has 3 aromatic rings. The quantitative estimate of drug-likeness (QED) is 0.464. The maximum Gasteiger partial charge on any atom is 0.219 e. The average Bonchev–Trinajstić information content (AvgIpc) is 3.30. The molecule has 2 aromatic carbocycles. The van der Waals surface area contributed by atoms with Crippen molar-refractivity contribution in [2.24, 2.45) is 4.99 Å². The van der Waals surface area contributed by atoms with Crippen molar-refractivity contribution in [1.29, 1.82) is 5.26 Å². The van der Waals surface area contributed by atoms with Crippen molar-refractivity contribution in [3.8, 4) is 6.07 Å². The molecule has 0 aliphatic carbocycles. The number of anilines is 1. The lowest BCUT2D eigenvalue weighted by Crippen LogP contribution is -2.48. The summed E-state index contributed by atoms with van der Waals surface area (Å²) < 4.78 is 20.6. The molecule has 0 N–H and O–H groups in total. The Labute approximate surface area is 181 Å². The Morgan fingerprint density at radius 1 is 1.34 bits per heavy atom. The zero-order valence-corrected chi connectivity index (χ0v) is 18.7. The molecule has 0 radical (unpaired) electrons. The van der Waals surface area contributed by atoms with E-state index in [-0.39, 0.29) is 5.82 Å². The lowest BCUT2D eigenvalue weighted by Gasteiger charge is -2.34. The van der Waals surface area contributed by atoms with Crippen LogP contribution in [0.2, 0.25) is 0 Å². The Hall–Kier alpha value is -2.30. The van der Waals surface area contributed by atoms with Gasteiger partial charge in [-0.15, -0.1) is 0 Å². The summed E-state index contributed by atoms with van der Waals surface area (Å²) in [4.78, 5) is 5.54. The van der Waals surface area contributed by atoms with E-state index in [0.717, 1.165) is 38.0 Å². The minimum Gasteiger partial charge on any atom is -0.459 e. The molecule has 1 aliphatic heterocycles. The third-order valence-corrected chi connectivity index (χ3v) is 6.89. The summed E-state index contributed by atoms with van der Waals surface area (Å²) in [7, 11) is 1.90. The second kappa shape index (κ2) is 7.51. The van der Waals surface area contributed by atoms with E-state index in [2.05, 4.69) is 27.0 Å². The number of benzene rings is 2. The molecule has 0 fully saturated rings. The van der Waals surface area contributed by atoms with Gasteiger partial charge in [0.25, 0.3) is 0 Å². The topological polar surface area (TPSA) is 52.5 Å². The van der Waals surface area contributed by atoms with Crippen LogP contribution in [0.1, 0.15) is 23.8 Å². The molecule has 1 aromatic heterocycles. The molecule has 1 aliphatic rings. The van der Waals surface area contributed by atoms with Crippen molar-refractivity contribution in [2.75, 3.05) is 17.8 Å². The van der Waals surface area contributed by atoms with Gasteiger partial charge in [0.2, 0.25) is 4.87 Å². The van der Waals surface area contributed by atoms with E-state index in [1.165, 1.54) is 23.9 Å². The third kappa shape index (κ3) is 3.15. The van der Waals surface area contributed by atoms with Crippen molar-refractivity contribution < 1.29 is 8.81 Å². The predicted molar refractivity (Wildman–Crippen MR) is 120 cm³/mol. The van der Waals surface area contributed by atoms with E-state index >= 15 is 0 Å². The van der Waals surface area contributed by atoms with Crippen LogP contribution < -0.4 is 4.90 Å². The van der Waals surface area contributed by atoms with Gasteiger partial charge in [-0.2, -0.15) is 5.26 Å². The van der Waals surface area contributed by atoms with Crippen LogP contribution in [0.4, 0.5) is 10.1 Å². The van der Waals surface area contributed by atoms with E-state index in [4.69, 9.17) is 4.42 Å². The molecule has 1 unspecified atom stereocenters. The zero-order chi connectivity index (χ0) is 20.8. The van der Waals surface area contributed by atoms with E-state index in [9.17, 15) is 9.65 Å². The second-order valence-corrected chi connectivity index (χ2v) is 8.98. The van der Waals surface area contributed by atoms with Gasteiger partial charge in [0.15, 0.2) is 0 Å². The van der Waals surface area contributed by atoms with Gasteiger partial charge >= 0.3 is 0 Å². The number of rotatable bonds is 4. The van der Waals surface area contributed by atoms with Crippen molar-refractivity contribution in [3.63, 3.8) is 0 Å². The number of hydrogen-bond donors (Lipinski definition) is 0. The first-order valence-electron chi connectivity index (χ1n) is 9.22. The van der Waals surface area contributed by atoms with E-state index in [1.807, 2.05) is 37.9 Å². The van der Waals surface area contributed by atoms with Gasteiger partial charge in [-0.3, -0.25) is 4.99 Å². The monoisotopic (exact) mass is 471 g/mol. The Morgan fingerprint density at radius 2 is 2.07 bits per heavy atom. The molecule has 0 saturated heterocycles. The summed E-state index contributed by atoms with van der Waals surface area (Å²) in [5.41, 5.74) is 4.12. The summed E-state index contributed by atoms with van der Waals surface area (Å²) in [6.45, 7) is 4.05. The van der Waals surface area contributed by atoms with Gasteiger partial charge in [0.1, 0.15) is 23.2 Å². The standard InChI is InChI=1S/C22H19BrFN3OS/c1-4-18-19(17-10-15(23)9-13(2)20(17)28-18)27(3)22(11-25)21(26-12-29-22)14-5-7-16(24)8-6-14/h5-10H,4,12H2,1-3H3.